The number of anilines is 1. The highest BCUT2D eigenvalue weighted by Crippen LogP contribution is 2.37. The van der Waals surface area contributed by atoms with Gasteiger partial charge in [0.2, 0.25) is 5.95 Å². The molecule has 1 saturated heterocycles. The molecule has 0 saturated carbocycles. The van der Waals surface area contributed by atoms with Gasteiger partial charge in [-0.05, 0) is 6.07 Å². The number of rotatable bonds is 2. The average Bonchev–Trinajstić information content (AvgIpc) is 3.07. The monoisotopic (exact) mass is 366 g/mol. The Morgan fingerprint density at radius 1 is 1.35 bits per heavy atom. The molecule has 4 heterocycles. The number of imidazole rings is 1. The molecule has 0 unspecified atom stereocenters. The molecule has 0 aromatic carbocycles. The lowest BCUT2D eigenvalue weighted by Crippen LogP contribution is -2.27. The molecule has 3 aromatic rings. The van der Waals surface area contributed by atoms with Crippen LogP contribution in [0.25, 0.3) is 16.9 Å². The highest BCUT2D eigenvalue weighted by molar-refractivity contribution is 5.74. The summed E-state index contributed by atoms with van der Waals surface area (Å²) in [6, 6.07) is 1.39. The first kappa shape index (κ1) is 16.4. The minimum absolute atomic E-state index is 0.0183. The molecule has 3 aromatic heterocycles. The Balaban J connectivity index is 1.93. The maximum Gasteiger partial charge on any atom is 0.325 e. The number of aromatic amines is 2. The summed E-state index contributed by atoms with van der Waals surface area (Å²) in [5, 5.41) is 4.01. The van der Waals surface area contributed by atoms with Crippen LogP contribution in [0, 0.1) is 11.9 Å². The van der Waals surface area contributed by atoms with E-state index in [1.54, 1.807) is 0 Å². The molecule has 8 nitrogen and oxygen atoms in total. The third kappa shape index (κ3) is 2.47. The number of fused-ring (bicyclic) bond motifs is 1. The third-order valence-corrected chi connectivity index (χ3v) is 4.46. The van der Waals surface area contributed by atoms with E-state index >= 15 is 0 Å². The van der Waals surface area contributed by atoms with Gasteiger partial charge in [-0.15, -0.1) is 0 Å². The third-order valence-electron chi connectivity index (χ3n) is 4.46. The number of nitrogens with one attached hydrogen (secondary N) is 2. The summed E-state index contributed by atoms with van der Waals surface area (Å²) in [7, 11) is 0. The van der Waals surface area contributed by atoms with Crippen molar-refractivity contribution in [3.63, 3.8) is 0 Å². The zero-order valence-corrected chi connectivity index (χ0v) is 13.5. The number of H-pyrrole nitrogens is 2. The van der Waals surface area contributed by atoms with Gasteiger partial charge in [-0.25, -0.2) is 18.6 Å². The Bertz CT molecular complexity index is 1120. The van der Waals surface area contributed by atoms with Crippen LogP contribution < -0.4 is 16.1 Å². The molecule has 1 fully saturated rings. The van der Waals surface area contributed by atoms with Crippen LogP contribution in [0.5, 0.6) is 0 Å². The van der Waals surface area contributed by atoms with Gasteiger partial charge < -0.3 is 9.88 Å². The molecule has 0 bridgehead atoms. The number of hydrogen-bond acceptors (Lipinski definition) is 5. The normalized spacial score (nSPS) is 19.4. The van der Waals surface area contributed by atoms with Crippen LogP contribution >= 0.6 is 0 Å². The lowest BCUT2D eigenvalue weighted by molar-refractivity contribution is -0.0137. The molecule has 1 aliphatic rings. The van der Waals surface area contributed by atoms with Crippen molar-refractivity contribution in [2.24, 2.45) is 5.92 Å². The molecule has 0 aliphatic carbocycles. The molecule has 0 amide bonds. The Kier molecular flexibility index (Phi) is 3.43. The van der Waals surface area contributed by atoms with E-state index in [0.717, 1.165) is 16.9 Å². The maximum absolute atomic E-state index is 14.0. The first-order valence-corrected chi connectivity index (χ1v) is 7.76. The topological polar surface area (TPSA) is 99.2 Å². The smallest absolute Gasteiger partial charge is 0.325 e. The van der Waals surface area contributed by atoms with Gasteiger partial charge in [0.15, 0.2) is 5.65 Å². The van der Waals surface area contributed by atoms with Gasteiger partial charge >= 0.3 is 5.69 Å². The lowest BCUT2D eigenvalue weighted by Gasteiger charge is -2.19. The Hall–Kier alpha value is -3.11. The second-order valence-corrected chi connectivity index (χ2v) is 6.26. The molecule has 4 rings (SSSR count). The second-order valence-electron chi connectivity index (χ2n) is 6.26. The minimum Gasteiger partial charge on any atom is -0.362 e. The zero-order chi connectivity index (χ0) is 18.6. The number of hydrogen-bond donors (Lipinski definition) is 2. The molecule has 136 valence electrons. The molecule has 1 aliphatic heterocycles. The number of halogens is 3. The van der Waals surface area contributed by atoms with Gasteiger partial charge in [0, 0.05) is 18.7 Å². The molecule has 2 N–H and O–H groups in total. The van der Waals surface area contributed by atoms with Gasteiger partial charge in [-0.1, -0.05) is 6.92 Å². The van der Waals surface area contributed by atoms with Crippen LogP contribution in [-0.2, 0) is 0 Å². The van der Waals surface area contributed by atoms with E-state index in [1.807, 2.05) is 4.98 Å². The molecule has 1 atom stereocenters. The molecule has 11 heteroatoms. The van der Waals surface area contributed by atoms with Crippen molar-refractivity contribution >= 4 is 11.3 Å². The predicted molar refractivity (Wildman–Crippen MR) is 85.9 cm³/mol. The highest BCUT2D eigenvalue weighted by Gasteiger charge is 2.46. The largest absolute Gasteiger partial charge is 0.362 e. The number of alkyl halides is 2. The summed E-state index contributed by atoms with van der Waals surface area (Å²) in [4.78, 5) is 32.8. The van der Waals surface area contributed by atoms with Crippen LogP contribution in [0.4, 0.5) is 18.9 Å². The van der Waals surface area contributed by atoms with Crippen molar-refractivity contribution in [1.82, 2.24) is 24.6 Å². The van der Waals surface area contributed by atoms with Gasteiger partial charge in [0.25, 0.3) is 11.5 Å². The summed E-state index contributed by atoms with van der Waals surface area (Å²) in [6.45, 7) is 0.921. The van der Waals surface area contributed by atoms with Crippen molar-refractivity contribution in [2.45, 2.75) is 12.8 Å². The summed E-state index contributed by atoms with van der Waals surface area (Å²) in [6.07, 6.45) is 2.06. The van der Waals surface area contributed by atoms with Crippen LogP contribution in [0.3, 0.4) is 0 Å². The quantitative estimate of drug-likeness (QED) is 0.705. The first-order valence-electron chi connectivity index (χ1n) is 7.76. The molecular weight excluding hydrogens is 353 g/mol. The highest BCUT2D eigenvalue weighted by atomic mass is 19.3. The van der Waals surface area contributed by atoms with Crippen LogP contribution in [0.1, 0.15) is 6.92 Å². The van der Waals surface area contributed by atoms with E-state index in [9.17, 15) is 22.8 Å². The van der Waals surface area contributed by atoms with E-state index in [-0.39, 0.29) is 29.1 Å². The summed E-state index contributed by atoms with van der Waals surface area (Å²) in [5.74, 6) is -4.60. The first-order chi connectivity index (χ1) is 12.3. The Labute approximate surface area is 143 Å². The van der Waals surface area contributed by atoms with E-state index in [2.05, 4.69) is 15.1 Å². The fourth-order valence-electron chi connectivity index (χ4n) is 3.01. The predicted octanol–water partition coefficient (Wildman–Crippen LogP) is 1.00. The van der Waals surface area contributed by atoms with Crippen molar-refractivity contribution < 1.29 is 13.2 Å². The SMILES string of the molecule is C[C@H]1CN(c2cc(-c3c[nH]c(=O)[nH]c3=O)nn3c(F)cnc23)CC1(F)F. The molecule has 0 spiro atoms. The van der Waals surface area contributed by atoms with Gasteiger partial charge in [0.05, 0.1) is 24.0 Å². The van der Waals surface area contributed by atoms with Crippen LogP contribution in [0.2, 0.25) is 0 Å². The van der Waals surface area contributed by atoms with E-state index in [1.165, 1.54) is 17.9 Å². The zero-order valence-electron chi connectivity index (χ0n) is 13.5. The van der Waals surface area contributed by atoms with Crippen LogP contribution in [-0.4, -0.2) is 43.6 Å². The summed E-state index contributed by atoms with van der Waals surface area (Å²) < 4.78 is 42.8. The van der Waals surface area contributed by atoms with E-state index in [0.29, 0.717) is 0 Å². The van der Waals surface area contributed by atoms with Gasteiger partial charge in [-0.2, -0.15) is 14.0 Å². The van der Waals surface area contributed by atoms with Crippen molar-refractivity contribution in [2.75, 3.05) is 18.0 Å². The Morgan fingerprint density at radius 2 is 2.12 bits per heavy atom. The summed E-state index contributed by atoms with van der Waals surface area (Å²) in [5.41, 5.74) is -1.15. The molecular formula is C15H13F3N6O2. The second kappa shape index (κ2) is 5.44. The van der Waals surface area contributed by atoms with E-state index in [4.69, 9.17) is 0 Å². The lowest BCUT2D eigenvalue weighted by atomic mass is 10.1. The molecule has 26 heavy (non-hydrogen) atoms. The van der Waals surface area contributed by atoms with Crippen molar-refractivity contribution in [1.29, 1.82) is 0 Å². The van der Waals surface area contributed by atoms with Crippen molar-refractivity contribution in [3.8, 4) is 11.3 Å². The standard InChI is InChI=1S/C15H13F3N6O2/c1-7-5-23(6-15(7,17)18)10-2-9(8-3-20-14(26)21-13(8)25)22-24-11(16)4-19-12(10)24/h2-4,7H,5-6H2,1H3,(H2,20,21,25,26)/t7-/m0/s1. The van der Waals surface area contributed by atoms with Gasteiger partial charge in [0.1, 0.15) is 5.69 Å². The fourth-order valence-corrected chi connectivity index (χ4v) is 3.01. The van der Waals surface area contributed by atoms with Crippen LogP contribution in [0.15, 0.2) is 28.0 Å². The fraction of sp³-hybridized carbons (Fsp3) is 0.333. The van der Waals surface area contributed by atoms with E-state index < -0.39 is 35.6 Å². The minimum atomic E-state index is -2.90. The average molecular weight is 366 g/mol. The van der Waals surface area contributed by atoms with Gasteiger partial charge in [-0.3, -0.25) is 9.78 Å². The Morgan fingerprint density at radius 3 is 2.77 bits per heavy atom. The molecule has 0 radical (unpaired) electrons. The summed E-state index contributed by atoms with van der Waals surface area (Å²) >= 11 is 0. The maximum atomic E-state index is 14.0. The van der Waals surface area contributed by atoms with Crippen molar-refractivity contribution in [3.05, 3.63) is 45.2 Å². The number of aromatic nitrogens is 5. The number of nitrogens with zero attached hydrogens (tertiary/aromatic N) is 4.